The number of thioether (sulfide) groups is 1. The first-order valence-electron chi connectivity index (χ1n) is 6.97. The van der Waals surface area contributed by atoms with E-state index in [-0.39, 0.29) is 11.7 Å². The number of aryl methyl sites for hydroxylation is 2. The summed E-state index contributed by atoms with van der Waals surface area (Å²) in [6.45, 7) is 3.75. The predicted octanol–water partition coefficient (Wildman–Crippen LogP) is 4.18. The highest BCUT2D eigenvalue weighted by atomic mass is 32.2. The van der Waals surface area contributed by atoms with Crippen molar-refractivity contribution in [2.75, 3.05) is 11.1 Å². The summed E-state index contributed by atoms with van der Waals surface area (Å²) >= 11 is 1.30. The molecule has 1 amide bonds. The van der Waals surface area contributed by atoms with Gasteiger partial charge in [-0.05, 0) is 36.8 Å². The Morgan fingerprint density at radius 3 is 2.68 bits per heavy atom. The Labute approximate surface area is 132 Å². The molecular weight excluding hydrogens is 296 g/mol. The zero-order chi connectivity index (χ0) is 15.5. The molecule has 3 rings (SSSR count). The fourth-order valence-corrected chi connectivity index (χ4v) is 2.81. The van der Waals surface area contributed by atoms with Gasteiger partial charge in [0.05, 0.1) is 11.4 Å². The third kappa shape index (κ3) is 3.31. The van der Waals surface area contributed by atoms with Crippen molar-refractivity contribution in [1.29, 1.82) is 0 Å². The molecule has 1 aromatic heterocycles. The van der Waals surface area contributed by atoms with Crippen LogP contribution in [-0.4, -0.2) is 16.6 Å². The van der Waals surface area contributed by atoms with E-state index in [0.717, 1.165) is 27.9 Å². The van der Waals surface area contributed by atoms with Crippen LogP contribution in [0.15, 0.2) is 52.1 Å². The molecule has 3 aromatic rings. The lowest BCUT2D eigenvalue weighted by molar-refractivity contribution is -0.113. The Morgan fingerprint density at radius 2 is 1.95 bits per heavy atom. The number of oxazole rings is 1. The number of hydrogen-bond acceptors (Lipinski definition) is 4. The molecule has 5 heteroatoms. The number of benzene rings is 2. The quantitative estimate of drug-likeness (QED) is 0.734. The zero-order valence-electron chi connectivity index (χ0n) is 12.4. The highest BCUT2D eigenvalue weighted by molar-refractivity contribution is 7.99. The molecule has 0 aliphatic rings. The van der Waals surface area contributed by atoms with Gasteiger partial charge in [-0.1, -0.05) is 42.1 Å². The Kier molecular flexibility index (Phi) is 4.15. The van der Waals surface area contributed by atoms with E-state index in [9.17, 15) is 4.79 Å². The van der Waals surface area contributed by atoms with Crippen molar-refractivity contribution in [2.24, 2.45) is 0 Å². The number of hydrogen-bond donors (Lipinski definition) is 1. The molecule has 0 atom stereocenters. The summed E-state index contributed by atoms with van der Waals surface area (Å²) in [6.07, 6.45) is 0. The van der Waals surface area contributed by atoms with Crippen LogP contribution in [0.25, 0.3) is 10.8 Å². The number of anilines is 1. The lowest BCUT2D eigenvalue weighted by Crippen LogP contribution is -2.13. The first-order chi connectivity index (χ1) is 10.6. The van der Waals surface area contributed by atoms with E-state index >= 15 is 0 Å². The van der Waals surface area contributed by atoms with Crippen LogP contribution in [-0.2, 0) is 4.79 Å². The first-order valence-corrected chi connectivity index (χ1v) is 7.96. The van der Waals surface area contributed by atoms with Crippen LogP contribution in [0.1, 0.15) is 11.5 Å². The molecule has 4 nitrogen and oxygen atoms in total. The highest BCUT2D eigenvalue weighted by Crippen LogP contribution is 2.21. The molecule has 0 saturated carbocycles. The summed E-state index contributed by atoms with van der Waals surface area (Å²) in [6, 6.07) is 13.9. The van der Waals surface area contributed by atoms with E-state index in [2.05, 4.69) is 10.3 Å². The normalized spacial score (nSPS) is 10.8. The van der Waals surface area contributed by atoms with Crippen molar-refractivity contribution in [3.63, 3.8) is 0 Å². The number of rotatable bonds is 4. The van der Waals surface area contributed by atoms with Gasteiger partial charge in [0.1, 0.15) is 5.76 Å². The second kappa shape index (κ2) is 6.23. The summed E-state index contributed by atoms with van der Waals surface area (Å²) in [5, 5.41) is 5.68. The van der Waals surface area contributed by atoms with Crippen LogP contribution in [0.3, 0.4) is 0 Å². The summed E-state index contributed by atoms with van der Waals surface area (Å²) < 4.78 is 5.44. The van der Waals surface area contributed by atoms with Gasteiger partial charge in [-0.15, -0.1) is 0 Å². The average Bonchev–Trinajstić information content (AvgIpc) is 2.84. The number of fused-ring (bicyclic) bond motifs is 1. The maximum absolute atomic E-state index is 12.0. The van der Waals surface area contributed by atoms with E-state index in [4.69, 9.17) is 4.42 Å². The molecule has 0 saturated heterocycles. The van der Waals surface area contributed by atoms with Crippen LogP contribution in [0.4, 0.5) is 5.69 Å². The topological polar surface area (TPSA) is 55.1 Å². The average molecular weight is 312 g/mol. The van der Waals surface area contributed by atoms with Gasteiger partial charge in [0, 0.05) is 5.69 Å². The third-order valence-corrected chi connectivity index (χ3v) is 4.20. The van der Waals surface area contributed by atoms with Crippen molar-refractivity contribution >= 4 is 34.1 Å². The van der Waals surface area contributed by atoms with E-state index in [0.29, 0.717) is 5.22 Å². The van der Waals surface area contributed by atoms with Gasteiger partial charge in [0.25, 0.3) is 5.22 Å². The molecular formula is C17H16N2O2S. The first kappa shape index (κ1) is 14.7. The molecule has 0 aliphatic heterocycles. The van der Waals surface area contributed by atoms with E-state index in [1.165, 1.54) is 11.8 Å². The fraction of sp³-hybridized carbons (Fsp3) is 0.176. The van der Waals surface area contributed by atoms with Gasteiger partial charge in [-0.3, -0.25) is 4.79 Å². The van der Waals surface area contributed by atoms with Crippen molar-refractivity contribution in [1.82, 2.24) is 4.98 Å². The van der Waals surface area contributed by atoms with Gasteiger partial charge in [0.15, 0.2) is 0 Å². The van der Waals surface area contributed by atoms with Crippen molar-refractivity contribution in [2.45, 2.75) is 19.1 Å². The molecule has 0 radical (unpaired) electrons. The largest absolute Gasteiger partial charge is 0.437 e. The molecule has 22 heavy (non-hydrogen) atoms. The molecule has 0 bridgehead atoms. The Bertz CT molecular complexity index is 807. The summed E-state index contributed by atoms with van der Waals surface area (Å²) in [5.74, 6) is 0.984. The summed E-state index contributed by atoms with van der Waals surface area (Å²) in [7, 11) is 0. The lowest BCUT2D eigenvalue weighted by atomic mass is 10.1. The third-order valence-electron chi connectivity index (χ3n) is 3.37. The second-order valence-corrected chi connectivity index (χ2v) is 5.95. The smallest absolute Gasteiger partial charge is 0.256 e. The minimum atomic E-state index is -0.0752. The minimum Gasteiger partial charge on any atom is -0.437 e. The summed E-state index contributed by atoms with van der Waals surface area (Å²) in [5.41, 5.74) is 1.65. The minimum absolute atomic E-state index is 0.0752. The van der Waals surface area contributed by atoms with Gasteiger partial charge >= 0.3 is 0 Å². The maximum Gasteiger partial charge on any atom is 0.256 e. The second-order valence-electron chi connectivity index (χ2n) is 5.02. The number of nitrogens with zero attached hydrogens (tertiary/aromatic N) is 1. The van der Waals surface area contributed by atoms with Gasteiger partial charge < -0.3 is 9.73 Å². The molecule has 0 unspecified atom stereocenters. The zero-order valence-corrected chi connectivity index (χ0v) is 13.2. The number of carbonyl (C=O) groups excluding carboxylic acids is 1. The number of nitrogens with one attached hydrogen (secondary N) is 1. The molecule has 0 aliphatic carbocycles. The van der Waals surface area contributed by atoms with Crippen molar-refractivity contribution < 1.29 is 9.21 Å². The predicted molar refractivity (Wildman–Crippen MR) is 89.3 cm³/mol. The number of aromatic nitrogens is 1. The molecule has 2 aromatic carbocycles. The van der Waals surface area contributed by atoms with Crippen LogP contribution < -0.4 is 5.32 Å². The molecule has 0 spiro atoms. The fourth-order valence-electron chi connectivity index (χ4n) is 2.10. The van der Waals surface area contributed by atoms with Gasteiger partial charge in [0.2, 0.25) is 5.91 Å². The maximum atomic E-state index is 12.0. The van der Waals surface area contributed by atoms with E-state index in [1.807, 2.05) is 56.3 Å². The molecule has 1 N–H and O–H groups in total. The molecule has 1 heterocycles. The molecule has 112 valence electrons. The Hall–Kier alpha value is -2.27. The highest BCUT2D eigenvalue weighted by Gasteiger charge is 2.09. The molecule has 0 fully saturated rings. The Balaban J connectivity index is 1.62. The monoisotopic (exact) mass is 312 g/mol. The lowest BCUT2D eigenvalue weighted by Gasteiger charge is -2.05. The number of amides is 1. The van der Waals surface area contributed by atoms with Crippen LogP contribution in [0.5, 0.6) is 0 Å². The van der Waals surface area contributed by atoms with E-state index in [1.54, 1.807) is 0 Å². The van der Waals surface area contributed by atoms with Gasteiger partial charge in [-0.2, -0.15) is 0 Å². The van der Waals surface area contributed by atoms with Crippen LogP contribution in [0.2, 0.25) is 0 Å². The Morgan fingerprint density at radius 1 is 1.18 bits per heavy atom. The van der Waals surface area contributed by atoms with Crippen molar-refractivity contribution in [3.8, 4) is 0 Å². The van der Waals surface area contributed by atoms with Crippen molar-refractivity contribution in [3.05, 3.63) is 53.9 Å². The van der Waals surface area contributed by atoms with Gasteiger partial charge in [-0.25, -0.2) is 4.98 Å². The standard InChI is InChI=1S/C17H16N2O2S/c1-11-12(2)21-17(18-11)22-10-16(20)19-15-8-7-13-5-3-4-6-14(13)9-15/h3-9H,10H2,1-2H3,(H,19,20). The van der Waals surface area contributed by atoms with E-state index < -0.39 is 0 Å². The van der Waals surface area contributed by atoms with Crippen LogP contribution >= 0.6 is 11.8 Å². The SMILES string of the molecule is Cc1nc(SCC(=O)Nc2ccc3ccccc3c2)oc1C. The number of carbonyl (C=O) groups is 1. The summed E-state index contributed by atoms with van der Waals surface area (Å²) in [4.78, 5) is 16.3. The van der Waals surface area contributed by atoms with Crippen LogP contribution in [0, 0.1) is 13.8 Å².